The molecule has 182 valence electrons. The van der Waals surface area contributed by atoms with Crippen LogP contribution in [0, 0.1) is 17.3 Å². The second-order valence-corrected chi connectivity index (χ2v) is 10.7. The molecule has 0 amide bonds. The molecular formula is C32H36O3. The second-order valence-electron chi connectivity index (χ2n) is 10.7. The van der Waals surface area contributed by atoms with Crippen molar-refractivity contribution in [3.05, 3.63) is 101 Å². The summed E-state index contributed by atoms with van der Waals surface area (Å²) in [4.78, 5) is 12.3. The van der Waals surface area contributed by atoms with Crippen molar-refractivity contribution in [1.29, 1.82) is 0 Å². The third kappa shape index (κ3) is 5.06. The third-order valence-electron chi connectivity index (χ3n) is 8.64. The minimum Gasteiger partial charge on any atom is -0.508 e. The van der Waals surface area contributed by atoms with Gasteiger partial charge in [0.1, 0.15) is 11.5 Å². The van der Waals surface area contributed by atoms with Crippen LogP contribution in [0.5, 0.6) is 5.75 Å². The number of carbonyl (C=O) groups is 1. The third-order valence-corrected chi connectivity index (χ3v) is 8.64. The Balaban J connectivity index is 0.000000152. The van der Waals surface area contributed by atoms with E-state index in [0.29, 0.717) is 42.5 Å². The van der Waals surface area contributed by atoms with E-state index < -0.39 is 0 Å². The summed E-state index contributed by atoms with van der Waals surface area (Å²) >= 11 is 0. The smallest absolute Gasteiger partial charge is 0.139 e. The van der Waals surface area contributed by atoms with E-state index in [2.05, 4.69) is 37.3 Å². The summed E-state index contributed by atoms with van der Waals surface area (Å²) < 4.78 is 5.61. The van der Waals surface area contributed by atoms with Crippen LogP contribution in [0.25, 0.3) is 0 Å². The molecule has 0 aromatic heterocycles. The fraction of sp³-hybridized carbons (Fsp3) is 0.406. The fourth-order valence-electron chi connectivity index (χ4n) is 6.77. The number of hydrogen-bond acceptors (Lipinski definition) is 3. The lowest BCUT2D eigenvalue weighted by atomic mass is 9.55. The van der Waals surface area contributed by atoms with Crippen LogP contribution in [0.3, 0.4) is 0 Å². The molecule has 0 unspecified atom stereocenters. The van der Waals surface area contributed by atoms with Crippen molar-refractivity contribution in [1.82, 2.24) is 0 Å². The van der Waals surface area contributed by atoms with Gasteiger partial charge in [-0.1, -0.05) is 73.7 Å². The van der Waals surface area contributed by atoms with Crippen LogP contribution in [-0.2, 0) is 29.2 Å². The van der Waals surface area contributed by atoms with Crippen LogP contribution < -0.4 is 0 Å². The SMILES string of the molecule is C[C@]12CC[C@@H]3c4ccc(O)cc4CC[C@H]3[C@@H]1CCC2=O.c1ccc(COCc2ccccc2)cc1. The number of aryl methyl sites for hydroxylation is 1. The average molecular weight is 469 g/mol. The molecule has 35 heavy (non-hydrogen) atoms. The lowest BCUT2D eigenvalue weighted by molar-refractivity contribution is -0.129. The zero-order chi connectivity index (χ0) is 24.3. The van der Waals surface area contributed by atoms with Crippen LogP contribution in [0.1, 0.15) is 67.2 Å². The maximum absolute atomic E-state index is 12.3. The number of Topliss-reactive ketones (excluding diaryl/α,β-unsaturated/α-hetero) is 1. The monoisotopic (exact) mass is 468 g/mol. The van der Waals surface area contributed by atoms with E-state index in [-0.39, 0.29) is 5.41 Å². The highest BCUT2D eigenvalue weighted by Gasteiger charge is 2.54. The summed E-state index contributed by atoms with van der Waals surface area (Å²) in [5.74, 6) is 2.78. The average Bonchev–Trinajstić information content (AvgIpc) is 3.20. The highest BCUT2D eigenvalue weighted by atomic mass is 16.5. The van der Waals surface area contributed by atoms with Gasteiger partial charge >= 0.3 is 0 Å². The number of hydrogen-bond donors (Lipinski definition) is 1. The van der Waals surface area contributed by atoms with Crippen LogP contribution >= 0.6 is 0 Å². The second kappa shape index (κ2) is 10.4. The van der Waals surface area contributed by atoms with Crippen molar-refractivity contribution in [3.8, 4) is 5.75 Å². The lowest BCUT2D eigenvalue weighted by Gasteiger charge is -2.48. The van der Waals surface area contributed by atoms with Gasteiger partial charge < -0.3 is 9.84 Å². The van der Waals surface area contributed by atoms with Gasteiger partial charge in [0.15, 0.2) is 0 Å². The molecule has 0 bridgehead atoms. The number of carbonyl (C=O) groups excluding carboxylic acids is 1. The summed E-state index contributed by atoms with van der Waals surface area (Å²) in [6.07, 6.45) is 6.34. The van der Waals surface area contributed by atoms with Crippen LogP contribution in [0.2, 0.25) is 0 Å². The maximum Gasteiger partial charge on any atom is 0.139 e. The van der Waals surface area contributed by atoms with Gasteiger partial charge in [-0.2, -0.15) is 0 Å². The molecule has 2 saturated carbocycles. The molecule has 3 nitrogen and oxygen atoms in total. The molecule has 3 aliphatic rings. The predicted octanol–water partition coefficient (Wildman–Crippen LogP) is 7.22. The van der Waals surface area contributed by atoms with E-state index >= 15 is 0 Å². The minimum atomic E-state index is -0.0322. The summed E-state index contributed by atoms with van der Waals surface area (Å²) in [5.41, 5.74) is 5.18. The van der Waals surface area contributed by atoms with Crippen molar-refractivity contribution >= 4 is 5.78 Å². The van der Waals surface area contributed by atoms with E-state index in [4.69, 9.17) is 4.74 Å². The number of fused-ring (bicyclic) bond motifs is 5. The molecule has 6 rings (SSSR count). The van der Waals surface area contributed by atoms with E-state index in [9.17, 15) is 9.90 Å². The molecule has 4 atom stereocenters. The Morgan fingerprint density at radius 1 is 0.857 bits per heavy atom. The zero-order valence-electron chi connectivity index (χ0n) is 20.7. The molecule has 0 radical (unpaired) electrons. The van der Waals surface area contributed by atoms with Gasteiger partial charge in [0.25, 0.3) is 0 Å². The van der Waals surface area contributed by atoms with E-state index in [0.717, 1.165) is 32.1 Å². The zero-order valence-corrected chi connectivity index (χ0v) is 20.7. The Bertz CT molecular complexity index is 1100. The molecule has 3 aromatic rings. The van der Waals surface area contributed by atoms with Gasteiger partial charge in [-0.05, 0) is 84.2 Å². The van der Waals surface area contributed by atoms with Crippen LogP contribution in [0.4, 0.5) is 0 Å². The number of aromatic hydroxyl groups is 1. The predicted molar refractivity (Wildman–Crippen MR) is 139 cm³/mol. The summed E-state index contributed by atoms with van der Waals surface area (Å²) in [5, 5.41) is 9.67. The Labute approximate surface area is 209 Å². The summed E-state index contributed by atoms with van der Waals surface area (Å²) in [6.45, 7) is 3.57. The molecule has 0 spiro atoms. The highest BCUT2D eigenvalue weighted by Crippen LogP contribution is 2.59. The quantitative estimate of drug-likeness (QED) is 0.440. The van der Waals surface area contributed by atoms with Crippen molar-refractivity contribution in [2.45, 2.75) is 64.6 Å². The maximum atomic E-state index is 12.3. The van der Waals surface area contributed by atoms with Crippen LogP contribution in [0.15, 0.2) is 78.9 Å². The fourth-order valence-corrected chi connectivity index (χ4v) is 6.77. The number of ketones is 1. The Morgan fingerprint density at radius 2 is 1.51 bits per heavy atom. The number of ether oxygens (including phenoxy) is 1. The summed E-state index contributed by atoms with van der Waals surface area (Å²) in [7, 11) is 0. The van der Waals surface area contributed by atoms with Gasteiger partial charge in [-0.25, -0.2) is 0 Å². The Hall–Kier alpha value is -2.91. The largest absolute Gasteiger partial charge is 0.508 e. The highest BCUT2D eigenvalue weighted by molar-refractivity contribution is 5.87. The molecule has 1 N–H and O–H groups in total. The number of phenols is 1. The summed E-state index contributed by atoms with van der Waals surface area (Å²) in [6, 6.07) is 26.3. The minimum absolute atomic E-state index is 0.0322. The van der Waals surface area contributed by atoms with Gasteiger partial charge in [0.2, 0.25) is 0 Å². The first-order valence-electron chi connectivity index (χ1n) is 13.1. The van der Waals surface area contributed by atoms with Crippen molar-refractivity contribution < 1.29 is 14.6 Å². The number of benzene rings is 3. The molecule has 0 aliphatic heterocycles. The molecule has 3 aliphatic carbocycles. The van der Waals surface area contributed by atoms with E-state index in [1.54, 1.807) is 0 Å². The van der Waals surface area contributed by atoms with Crippen molar-refractivity contribution in [2.24, 2.45) is 17.3 Å². The first-order chi connectivity index (χ1) is 17.0. The van der Waals surface area contributed by atoms with E-state index in [1.807, 2.05) is 48.5 Å². The molecule has 3 heteroatoms. The molecular weight excluding hydrogens is 432 g/mol. The molecule has 2 fully saturated rings. The van der Waals surface area contributed by atoms with Crippen molar-refractivity contribution in [2.75, 3.05) is 0 Å². The first-order valence-corrected chi connectivity index (χ1v) is 13.1. The van der Waals surface area contributed by atoms with Gasteiger partial charge in [0.05, 0.1) is 13.2 Å². The Kier molecular flexibility index (Phi) is 7.06. The molecule has 0 heterocycles. The normalized spacial score (nSPS) is 26.7. The van der Waals surface area contributed by atoms with Gasteiger partial charge in [-0.15, -0.1) is 0 Å². The number of rotatable bonds is 4. The van der Waals surface area contributed by atoms with Gasteiger partial charge in [-0.3, -0.25) is 4.79 Å². The van der Waals surface area contributed by atoms with E-state index in [1.165, 1.54) is 28.7 Å². The topological polar surface area (TPSA) is 46.5 Å². The first kappa shape index (κ1) is 23.8. The number of phenolic OH excluding ortho intramolecular Hbond substituents is 1. The lowest BCUT2D eigenvalue weighted by Crippen LogP contribution is -2.42. The Morgan fingerprint density at radius 3 is 2.17 bits per heavy atom. The molecule has 0 saturated heterocycles. The van der Waals surface area contributed by atoms with Gasteiger partial charge in [0, 0.05) is 11.8 Å². The standard InChI is InChI=1S/C18H22O2.C14H14O/c1-18-9-8-14-13-5-3-12(19)10-11(13)2-4-15(14)16(18)6-7-17(18)20;1-3-7-13(8-4-1)11-15-12-14-9-5-2-6-10-14/h3,5,10,14-16,19H,2,4,6-9H2,1H3;1-10H,11-12H2/t14-,15-,16+,18+;/m1./s1. The van der Waals surface area contributed by atoms with Crippen molar-refractivity contribution in [3.63, 3.8) is 0 Å². The van der Waals surface area contributed by atoms with Crippen LogP contribution in [-0.4, -0.2) is 10.9 Å². The molecule has 3 aromatic carbocycles.